The molecule has 1 aliphatic heterocycles. The number of nitrogens with zero attached hydrogens (tertiary/aromatic N) is 1. The zero-order chi connectivity index (χ0) is 17.9. The Bertz CT molecular complexity index is 701. The minimum Gasteiger partial charge on any atom is -0.495 e. The number of methoxy groups -OCH3 is 1. The molecule has 0 aliphatic carbocycles. The Kier molecular flexibility index (Phi) is 5.87. The Morgan fingerprint density at radius 2 is 2.04 bits per heavy atom. The standard InChI is InChI=1S/C17H26N2O4S/c1-12(2)18-24(21,22)16-11-14(8-9-15(16)23-4)17(20)19-10-6-5-7-13(19)3/h8-9,11-13,18H,5-7,10H2,1-4H3. The Morgan fingerprint density at radius 3 is 2.62 bits per heavy atom. The fourth-order valence-electron chi connectivity index (χ4n) is 2.96. The summed E-state index contributed by atoms with van der Waals surface area (Å²) < 4.78 is 32.7. The number of likely N-dealkylation sites (tertiary alicyclic amines) is 1. The van der Waals surface area contributed by atoms with E-state index in [9.17, 15) is 13.2 Å². The lowest BCUT2D eigenvalue weighted by Crippen LogP contribution is -2.42. The molecular formula is C17H26N2O4S. The van der Waals surface area contributed by atoms with Crippen molar-refractivity contribution in [3.8, 4) is 5.75 Å². The molecule has 1 aromatic carbocycles. The van der Waals surface area contributed by atoms with Crippen LogP contribution in [-0.4, -0.2) is 45.0 Å². The van der Waals surface area contributed by atoms with E-state index in [1.54, 1.807) is 19.9 Å². The number of hydrogen-bond acceptors (Lipinski definition) is 4. The number of carbonyl (C=O) groups excluding carboxylic acids is 1. The van der Waals surface area contributed by atoms with Crippen LogP contribution in [0, 0.1) is 0 Å². The van der Waals surface area contributed by atoms with Gasteiger partial charge in [-0.2, -0.15) is 0 Å². The normalized spacial score (nSPS) is 18.7. The van der Waals surface area contributed by atoms with Gasteiger partial charge < -0.3 is 9.64 Å². The highest BCUT2D eigenvalue weighted by Gasteiger charge is 2.27. The summed E-state index contributed by atoms with van der Waals surface area (Å²) >= 11 is 0. The van der Waals surface area contributed by atoms with Crippen molar-refractivity contribution < 1.29 is 17.9 Å². The van der Waals surface area contributed by atoms with Gasteiger partial charge in [-0.15, -0.1) is 0 Å². The van der Waals surface area contributed by atoms with Crippen LogP contribution in [0.5, 0.6) is 5.75 Å². The van der Waals surface area contributed by atoms with Gasteiger partial charge in [0.1, 0.15) is 10.6 Å². The van der Waals surface area contributed by atoms with Gasteiger partial charge in [-0.05, 0) is 58.2 Å². The van der Waals surface area contributed by atoms with E-state index >= 15 is 0 Å². The van der Waals surface area contributed by atoms with Crippen LogP contribution in [0.2, 0.25) is 0 Å². The van der Waals surface area contributed by atoms with Gasteiger partial charge >= 0.3 is 0 Å². The van der Waals surface area contributed by atoms with Crippen LogP contribution in [0.4, 0.5) is 0 Å². The molecule has 0 spiro atoms. The predicted molar refractivity (Wildman–Crippen MR) is 92.8 cm³/mol. The summed E-state index contributed by atoms with van der Waals surface area (Å²) in [5, 5.41) is 0. The summed E-state index contributed by atoms with van der Waals surface area (Å²) in [6.45, 7) is 6.22. The van der Waals surface area contributed by atoms with E-state index in [-0.39, 0.29) is 28.6 Å². The molecule has 1 unspecified atom stereocenters. The third kappa shape index (κ3) is 4.08. The summed E-state index contributed by atoms with van der Waals surface area (Å²) in [7, 11) is -2.33. The van der Waals surface area contributed by atoms with Crippen molar-refractivity contribution in [1.29, 1.82) is 0 Å². The molecule has 1 heterocycles. The molecule has 24 heavy (non-hydrogen) atoms. The van der Waals surface area contributed by atoms with Gasteiger partial charge in [-0.3, -0.25) is 4.79 Å². The molecule has 1 amide bonds. The van der Waals surface area contributed by atoms with Gasteiger partial charge in [0, 0.05) is 24.2 Å². The first-order valence-corrected chi connectivity index (χ1v) is 9.76. The molecule has 134 valence electrons. The molecule has 0 bridgehead atoms. The first kappa shape index (κ1) is 18.7. The van der Waals surface area contributed by atoms with Gasteiger partial charge in [-0.1, -0.05) is 0 Å². The summed E-state index contributed by atoms with van der Waals surface area (Å²) in [5.41, 5.74) is 0.369. The number of amides is 1. The SMILES string of the molecule is COc1ccc(C(=O)N2CCCCC2C)cc1S(=O)(=O)NC(C)C. The zero-order valence-electron chi connectivity index (χ0n) is 14.7. The van der Waals surface area contributed by atoms with Crippen molar-refractivity contribution in [3.05, 3.63) is 23.8 Å². The highest BCUT2D eigenvalue weighted by molar-refractivity contribution is 7.89. The number of carbonyl (C=O) groups is 1. The van der Waals surface area contributed by atoms with Gasteiger partial charge in [0.05, 0.1) is 7.11 Å². The summed E-state index contributed by atoms with van der Waals surface area (Å²) in [4.78, 5) is 14.6. The molecule has 7 heteroatoms. The summed E-state index contributed by atoms with van der Waals surface area (Å²) in [6, 6.07) is 4.49. The van der Waals surface area contributed by atoms with Crippen molar-refractivity contribution in [2.24, 2.45) is 0 Å². The predicted octanol–water partition coefficient (Wildman–Crippen LogP) is 2.40. The Balaban J connectivity index is 2.39. The maximum atomic E-state index is 12.8. The zero-order valence-corrected chi connectivity index (χ0v) is 15.5. The average molecular weight is 354 g/mol. The lowest BCUT2D eigenvalue weighted by molar-refractivity contribution is 0.0635. The second kappa shape index (κ2) is 7.53. The quantitative estimate of drug-likeness (QED) is 0.881. The smallest absolute Gasteiger partial charge is 0.254 e. The fraction of sp³-hybridized carbons (Fsp3) is 0.588. The molecule has 6 nitrogen and oxygen atoms in total. The molecule has 1 fully saturated rings. The first-order chi connectivity index (χ1) is 11.3. The fourth-order valence-corrected chi connectivity index (χ4v) is 4.41. The van der Waals surface area contributed by atoms with E-state index in [1.165, 1.54) is 19.2 Å². The molecule has 0 saturated carbocycles. The molecule has 1 atom stereocenters. The monoisotopic (exact) mass is 354 g/mol. The Morgan fingerprint density at radius 1 is 1.33 bits per heavy atom. The van der Waals surface area contributed by atoms with Crippen LogP contribution in [0.1, 0.15) is 50.4 Å². The highest BCUT2D eigenvalue weighted by atomic mass is 32.2. The molecule has 2 rings (SSSR count). The van der Waals surface area contributed by atoms with E-state index in [0.717, 1.165) is 19.3 Å². The van der Waals surface area contributed by atoms with Gasteiger partial charge in [0.15, 0.2) is 0 Å². The van der Waals surface area contributed by atoms with E-state index in [1.807, 2.05) is 11.8 Å². The number of ether oxygens (including phenoxy) is 1. The van der Waals surface area contributed by atoms with Crippen LogP contribution >= 0.6 is 0 Å². The second-order valence-corrected chi connectivity index (χ2v) is 8.17. The molecule has 1 aliphatic rings. The molecule has 1 saturated heterocycles. The van der Waals surface area contributed by atoms with Crippen LogP contribution in [0.25, 0.3) is 0 Å². The number of sulfonamides is 1. The van der Waals surface area contributed by atoms with Crippen molar-refractivity contribution in [3.63, 3.8) is 0 Å². The van der Waals surface area contributed by atoms with Crippen LogP contribution < -0.4 is 9.46 Å². The van der Waals surface area contributed by atoms with E-state index in [0.29, 0.717) is 12.1 Å². The van der Waals surface area contributed by atoms with E-state index in [4.69, 9.17) is 4.74 Å². The largest absolute Gasteiger partial charge is 0.495 e. The Hall–Kier alpha value is -1.60. The minimum absolute atomic E-state index is 0.00536. The lowest BCUT2D eigenvalue weighted by atomic mass is 10.0. The molecular weight excluding hydrogens is 328 g/mol. The topological polar surface area (TPSA) is 75.7 Å². The summed E-state index contributed by atoms with van der Waals surface area (Å²) in [5.74, 6) is 0.0947. The number of rotatable bonds is 5. The molecule has 0 aromatic heterocycles. The van der Waals surface area contributed by atoms with Gasteiger partial charge in [0.25, 0.3) is 5.91 Å². The van der Waals surface area contributed by atoms with Crippen LogP contribution in [-0.2, 0) is 10.0 Å². The lowest BCUT2D eigenvalue weighted by Gasteiger charge is -2.33. The maximum Gasteiger partial charge on any atom is 0.254 e. The number of piperidine rings is 1. The molecule has 1 aromatic rings. The van der Waals surface area contributed by atoms with Crippen LogP contribution in [0.15, 0.2) is 23.1 Å². The third-order valence-electron chi connectivity index (χ3n) is 4.15. The molecule has 0 radical (unpaired) electrons. The number of benzene rings is 1. The molecule has 1 N–H and O–H groups in total. The second-order valence-electron chi connectivity index (χ2n) is 6.48. The first-order valence-electron chi connectivity index (χ1n) is 8.27. The van der Waals surface area contributed by atoms with Crippen molar-refractivity contribution in [2.45, 2.75) is 57.0 Å². The maximum absolute atomic E-state index is 12.8. The highest BCUT2D eigenvalue weighted by Crippen LogP contribution is 2.27. The number of hydrogen-bond donors (Lipinski definition) is 1. The average Bonchev–Trinajstić information content (AvgIpc) is 2.53. The van der Waals surface area contributed by atoms with Crippen molar-refractivity contribution in [1.82, 2.24) is 9.62 Å². The van der Waals surface area contributed by atoms with E-state index < -0.39 is 10.0 Å². The third-order valence-corrected chi connectivity index (χ3v) is 5.83. The Labute approximate surface area is 144 Å². The van der Waals surface area contributed by atoms with Crippen molar-refractivity contribution in [2.75, 3.05) is 13.7 Å². The van der Waals surface area contributed by atoms with Gasteiger partial charge in [-0.25, -0.2) is 13.1 Å². The van der Waals surface area contributed by atoms with Gasteiger partial charge in [0.2, 0.25) is 10.0 Å². The van der Waals surface area contributed by atoms with E-state index in [2.05, 4.69) is 4.72 Å². The van der Waals surface area contributed by atoms with Crippen LogP contribution in [0.3, 0.4) is 0 Å². The van der Waals surface area contributed by atoms with Crippen molar-refractivity contribution >= 4 is 15.9 Å². The summed E-state index contributed by atoms with van der Waals surface area (Å²) in [6.07, 6.45) is 3.07. The number of nitrogens with one attached hydrogen (secondary N) is 1. The minimum atomic E-state index is -3.75.